The number of benzene rings is 3. The lowest BCUT2D eigenvalue weighted by atomic mass is 10.1. The molecule has 0 saturated carbocycles. The minimum atomic E-state index is 0.676. The average molecular weight is 435 g/mol. The van der Waals surface area contributed by atoms with Gasteiger partial charge in [-0.1, -0.05) is 46.3 Å². The number of rotatable bonds is 6. The summed E-state index contributed by atoms with van der Waals surface area (Å²) < 4.78 is 9.36. The summed E-state index contributed by atoms with van der Waals surface area (Å²) in [5.41, 5.74) is 5.76. The monoisotopic (exact) mass is 434 g/mol. The first-order valence-electron chi connectivity index (χ1n) is 9.52. The molecular formula is C24H23BrN2O. The first-order chi connectivity index (χ1) is 13.6. The van der Waals surface area contributed by atoms with E-state index in [-0.39, 0.29) is 0 Å². The Labute approximate surface area is 174 Å². The molecule has 142 valence electrons. The van der Waals surface area contributed by atoms with Gasteiger partial charge in [-0.15, -0.1) is 0 Å². The minimum Gasteiger partial charge on any atom is -0.494 e. The number of fused-ring (bicyclic) bond motifs is 1. The van der Waals surface area contributed by atoms with Crippen molar-refractivity contribution < 1.29 is 4.74 Å². The van der Waals surface area contributed by atoms with Crippen LogP contribution >= 0.6 is 15.9 Å². The minimum absolute atomic E-state index is 0.676. The Morgan fingerprint density at radius 3 is 2.39 bits per heavy atom. The fraction of sp³-hybridized carbons (Fsp3) is 0.208. The van der Waals surface area contributed by atoms with Crippen molar-refractivity contribution in [3.8, 4) is 17.1 Å². The highest BCUT2D eigenvalue weighted by molar-refractivity contribution is 9.10. The maximum Gasteiger partial charge on any atom is 0.141 e. The molecule has 0 saturated heterocycles. The number of hydrogen-bond acceptors (Lipinski definition) is 2. The molecule has 1 aromatic heterocycles. The van der Waals surface area contributed by atoms with E-state index in [0.29, 0.717) is 6.61 Å². The van der Waals surface area contributed by atoms with Gasteiger partial charge in [-0.2, -0.15) is 0 Å². The number of halogens is 1. The van der Waals surface area contributed by atoms with E-state index in [1.807, 2.05) is 6.07 Å². The smallest absolute Gasteiger partial charge is 0.141 e. The summed E-state index contributed by atoms with van der Waals surface area (Å²) in [5.74, 6) is 1.95. The van der Waals surface area contributed by atoms with Crippen LogP contribution in [0.3, 0.4) is 0 Å². The van der Waals surface area contributed by atoms with Gasteiger partial charge in [0, 0.05) is 16.6 Å². The van der Waals surface area contributed by atoms with Crippen molar-refractivity contribution in [2.45, 2.75) is 26.8 Å². The first-order valence-corrected chi connectivity index (χ1v) is 10.3. The molecule has 3 nitrogen and oxygen atoms in total. The van der Waals surface area contributed by atoms with Crippen molar-refractivity contribution in [1.82, 2.24) is 9.55 Å². The lowest BCUT2D eigenvalue weighted by Gasteiger charge is -2.11. The van der Waals surface area contributed by atoms with Crippen molar-refractivity contribution in [3.05, 3.63) is 82.3 Å². The summed E-state index contributed by atoms with van der Waals surface area (Å²) in [7, 11) is 0. The topological polar surface area (TPSA) is 27.1 Å². The van der Waals surface area contributed by atoms with Crippen LogP contribution in [0.1, 0.15) is 17.5 Å². The van der Waals surface area contributed by atoms with Crippen LogP contribution in [0.4, 0.5) is 0 Å². The predicted octanol–water partition coefficient (Wildman–Crippen LogP) is 6.55. The molecule has 0 atom stereocenters. The van der Waals surface area contributed by atoms with Crippen molar-refractivity contribution in [2.24, 2.45) is 0 Å². The average Bonchev–Trinajstić information content (AvgIpc) is 3.04. The summed E-state index contributed by atoms with van der Waals surface area (Å²) >= 11 is 3.51. The molecule has 0 spiro atoms. The van der Waals surface area contributed by atoms with E-state index in [9.17, 15) is 0 Å². The largest absolute Gasteiger partial charge is 0.494 e. The molecule has 0 aliphatic carbocycles. The van der Waals surface area contributed by atoms with Crippen LogP contribution in [-0.4, -0.2) is 16.2 Å². The molecule has 0 aliphatic rings. The zero-order valence-electron chi connectivity index (χ0n) is 16.2. The van der Waals surface area contributed by atoms with Crippen LogP contribution < -0.4 is 4.74 Å². The van der Waals surface area contributed by atoms with Crippen LogP contribution in [0.2, 0.25) is 0 Å². The van der Waals surface area contributed by atoms with E-state index in [0.717, 1.165) is 45.6 Å². The van der Waals surface area contributed by atoms with Gasteiger partial charge in [0.05, 0.1) is 17.6 Å². The third kappa shape index (κ3) is 4.12. The van der Waals surface area contributed by atoms with Gasteiger partial charge >= 0.3 is 0 Å². The Balaban J connectivity index is 1.54. The number of imidazole rings is 1. The second-order valence-corrected chi connectivity index (χ2v) is 8.02. The molecule has 0 radical (unpaired) electrons. The van der Waals surface area contributed by atoms with Gasteiger partial charge < -0.3 is 9.30 Å². The van der Waals surface area contributed by atoms with Crippen molar-refractivity contribution in [1.29, 1.82) is 0 Å². The molecule has 0 amide bonds. The summed E-state index contributed by atoms with van der Waals surface area (Å²) in [4.78, 5) is 4.88. The van der Waals surface area contributed by atoms with Gasteiger partial charge in [0.25, 0.3) is 0 Å². The predicted molar refractivity (Wildman–Crippen MR) is 119 cm³/mol. The van der Waals surface area contributed by atoms with Gasteiger partial charge in [0.15, 0.2) is 0 Å². The molecule has 0 bridgehead atoms. The molecule has 4 rings (SSSR count). The molecule has 3 aromatic carbocycles. The number of nitrogens with zero attached hydrogens (tertiary/aromatic N) is 2. The van der Waals surface area contributed by atoms with E-state index in [2.05, 4.69) is 95.0 Å². The maximum atomic E-state index is 6.00. The van der Waals surface area contributed by atoms with Crippen molar-refractivity contribution in [3.63, 3.8) is 0 Å². The van der Waals surface area contributed by atoms with Gasteiger partial charge in [-0.25, -0.2) is 4.98 Å². The molecule has 0 aliphatic heterocycles. The highest BCUT2D eigenvalue weighted by atomic mass is 79.9. The zero-order chi connectivity index (χ0) is 19.5. The first kappa shape index (κ1) is 18.8. The second kappa shape index (κ2) is 8.19. The van der Waals surface area contributed by atoms with Crippen LogP contribution in [0.5, 0.6) is 5.75 Å². The fourth-order valence-corrected chi connectivity index (χ4v) is 3.81. The Morgan fingerprint density at radius 2 is 1.64 bits per heavy atom. The number of ether oxygens (including phenoxy) is 1. The SMILES string of the molecule is Cc1cc(C)cc(OCCCn2c(-c3ccc(Br)cc3)nc3ccccc32)c1. The molecule has 1 heterocycles. The van der Waals surface area contributed by atoms with Gasteiger partial charge in [-0.3, -0.25) is 0 Å². The van der Waals surface area contributed by atoms with Crippen LogP contribution in [-0.2, 0) is 6.54 Å². The molecule has 0 fully saturated rings. The third-order valence-corrected chi connectivity index (χ3v) is 5.28. The fourth-order valence-electron chi connectivity index (χ4n) is 3.55. The van der Waals surface area contributed by atoms with Crippen LogP contribution in [0.25, 0.3) is 22.4 Å². The maximum absolute atomic E-state index is 6.00. The molecular weight excluding hydrogens is 412 g/mol. The van der Waals surface area contributed by atoms with Gasteiger partial charge in [0.1, 0.15) is 11.6 Å². The lowest BCUT2D eigenvalue weighted by molar-refractivity contribution is 0.302. The number of aryl methyl sites for hydroxylation is 3. The molecule has 28 heavy (non-hydrogen) atoms. The summed E-state index contributed by atoms with van der Waals surface area (Å²) in [6.45, 7) is 5.73. The summed E-state index contributed by atoms with van der Waals surface area (Å²) in [6, 6.07) is 23.0. The quantitative estimate of drug-likeness (QED) is 0.321. The van der Waals surface area contributed by atoms with E-state index < -0.39 is 0 Å². The van der Waals surface area contributed by atoms with Crippen molar-refractivity contribution in [2.75, 3.05) is 6.61 Å². The zero-order valence-corrected chi connectivity index (χ0v) is 17.7. The second-order valence-electron chi connectivity index (χ2n) is 7.11. The Bertz CT molecular complexity index is 1080. The van der Waals surface area contributed by atoms with Gasteiger partial charge in [0.2, 0.25) is 0 Å². The Morgan fingerprint density at radius 1 is 0.929 bits per heavy atom. The van der Waals surface area contributed by atoms with Crippen LogP contribution in [0, 0.1) is 13.8 Å². The number of aromatic nitrogens is 2. The van der Waals surface area contributed by atoms with Gasteiger partial charge in [-0.05, 0) is 67.8 Å². The van der Waals surface area contributed by atoms with E-state index in [1.165, 1.54) is 11.1 Å². The molecule has 0 unspecified atom stereocenters. The summed E-state index contributed by atoms with van der Waals surface area (Å²) in [6.07, 6.45) is 0.914. The highest BCUT2D eigenvalue weighted by Gasteiger charge is 2.12. The van der Waals surface area contributed by atoms with E-state index in [1.54, 1.807) is 0 Å². The Hall–Kier alpha value is -2.59. The summed E-state index contributed by atoms with van der Waals surface area (Å²) in [5, 5.41) is 0. The van der Waals surface area contributed by atoms with E-state index >= 15 is 0 Å². The third-order valence-electron chi connectivity index (χ3n) is 4.75. The highest BCUT2D eigenvalue weighted by Crippen LogP contribution is 2.26. The lowest BCUT2D eigenvalue weighted by Crippen LogP contribution is -2.06. The molecule has 4 aromatic rings. The number of hydrogen-bond donors (Lipinski definition) is 0. The number of para-hydroxylation sites is 2. The van der Waals surface area contributed by atoms with Crippen molar-refractivity contribution >= 4 is 27.0 Å². The van der Waals surface area contributed by atoms with Crippen LogP contribution in [0.15, 0.2) is 71.2 Å². The Kier molecular flexibility index (Phi) is 5.49. The molecule has 0 N–H and O–H groups in total. The standard InChI is InChI=1S/C24H23BrN2O/c1-17-14-18(2)16-21(15-17)28-13-5-12-27-23-7-4-3-6-22(23)26-24(27)19-8-10-20(25)11-9-19/h3-4,6-11,14-16H,5,12-13H2,1-2H3. The molecule has 4 heteroatoms. The van der Waals surface area contributed by atoms with E-state index in [4.69, 9.17) is 9.72 Å². The normalized spacial score (nSPS) is 11.1.